The molecule has 0 aliphatic rings. The summed E-state index contributed by atoms with van der Waals surface area (Å²) in [5.41, 5.74) is 11.6. The standard InChI is InChI=1S/C19H14ClN5.C14H12N4O2S.C6H6ClN/c20-14-5-4-6-15(13-14)23-19-21-11-9-17(24-19)18-10-12-22-25(18)16-7-2-1-3-8-16;1-21(19,20)14-15-9-7-12(17-14)13-8-10-16-18(13)11-5-3-2-4-6-11;7-5-2-1-3-6(8)4-5/h1-13H,(H,21,23,24);2-10H,1H3;1-4H,8H2. The molecule has 0 unspecified atom stereocenters. The fourth-order valence-electron chi connectivity index (χ4n) is 4.97. The Kier molecular flexibility index (Phi) is 12.0. The number of nitrogens with two attached hydrogens (primary N) is 1. The first-order valence-electron chi connectivity index (χ1n) is 16.2. The smallest absolute Gasteiger partial charge is 0.247 e. The van der Waals surface area contributed by atoms with Gasteiger partial charge in [-0.05, 0) is 84.9 Å². The van der Waals surface area contributed by atoms with E-state index in [-0.39, 0.29) is 5.16 Å². The number of nitrogens with one attached hydrogen (secondary N) is 1. The quantitative estimate of drug-likeness (QED) is 0.119. The molecule has 8 aromatic rings. The van der Waals surface area contributed by atoms with Crippen molar-refractivity contribution in [1.29, 1.82) is 0 Å². The lowest BCUT2D eigenvalue weighted by Crippen LogP contribution is -2.06. The van der Waals surface area contributed by atoms with Gasteiger partial charge in [0.1, 0.15) is 0 Å². The summed E-state index contributed by atoms with van der Waals surface area (Å²) in [6.07, 6.45) is 7.64. The second kappa shape index (κ2) is 17.4. The van der Waals surface area contributed by atoms with Gasteiger partial charge < -0.3 is 11.1 Å². The van der Waals surface area contributed by atoms with Crippen molar-refractivity contribution in [2.75, 3.05) is 17.3 Å². The lowest BCUT2D eigenvalue weighted by atomic mass is 10.2. The maximum absolute atomic E-state index is 11.6. The van der Waals surface area contributed by atoms with Gasteiger partial charge in [0.15, 0.2) is 0 Å². The van der Waals surface area contributed by atoms with Crippen LogP contribution in [0.1, 0.15) is 0 Å². The van der Waals surface area contributed by atoms with E-state index in [1.165, 1.54) is 6.20 Å². The normalized spacial score (nSPS) is 10.7. The lowest BCUT2D eigenvalue weighted by molar-refractivity contribution is 0.593. The number of sulfone groups is 1. The van der Waals surface area contributed by atoms with Crippen molar-refractivity contribution in [3.63, 3.8) is 0 Å². The number of hydrogen-bond acceptors (Lipinski definition) is 10. The molecule has 0 radical (unpaired) electrons. The Morgan fingerprint density at radius 1 is 0.593 bits per heavy atom. The molecular formula is C39H32Cl2N10O2S. The molecule has 0 atom stereocenters. The number of anilines is 3. The Morgan fingerprint density at radius 2 is 1.13 bits per heavy atom. The molecule has 0 saturated heterocycles. The predicted octanol–water partition coefficient (Wildman–Crippen LogP) is 8.38. The summed E-state index contributed by atoms with van der Waals surface area (Å²) in [6, 6.07) is 41.3. The van der Waals surface area contributed by atoms with Crippen molar-refractivity contribution in [2.45, 2.75) is 5.16 Å². The van der Waals surface area contributed by atoms with Gasteiger partial charge in [-0.15, -0.1) is 0 Å². The second-order valence-corrected chi connectivity index (χ2v) is 14.2. The van der Waals surface area contributed by atoms with E-state index >= 15 is 0 Å². The molecule has 0 bridgehead atoms. The van der Waals surface area contributed by atoms with Crippen molar-refractivity contribution in [2.24, 2.45) is 0 Å². The van der Waals surface area contributed by atoms with E-state index < -0.39 is 9.84 Å². The van der Waals surface area contributed by atoms with Gasteiger partial charge in [0.2, 0.25) is 20.9 Å². The zero-order chi connectivity index (χ0) is 37.9. The molecular weight excluding hydrogens is 743 g/mol. The summed E-state index contributed by atoms with van der Waals surface area (Å²) >= 11 is 11.6. The zero-order valence-corrected chi connectivity index (χ0v) is 31.0. The molecule has 0 amide bonds. The first kappa shape index (κ1) is 37.4. The Labute approximate surface area is 321 Å². The molecule has 0 aliphatic heterocycles. The van der Waals surface area contributed by atoms with Gasteiger partial charge in [0.05, 0.1) is 46.5 Å². The van der Waals surface area contributed by atoms with E-state index in [9.17, 15) is 8.42 Å². The van der Waals surface area contributed by atoms with E-state index in [4.69, 9.17) is 28.9 Å². The van der Waals surface area contributed by atoms with E-state index in [1.54, 1.807) is 53.6 Å². The number of hydrogen-bond donors (Lipinski definition) is 2. The number of rotatable bonds is 7. The van der Waals surface area contributed by atoms with Crippen LogP contribution in [0.25, 0.3) is 34.2 Å². The average molecular weight is 776 g/mol. The van der Waals surface area contributed by atoms with Crippen LogP contribution >= 0.6 is 23.2 Å². The molecule has 0 fully saturated rings. The molecule has 15 heteroatoms. The SMILES string of the molecule is CS(=O)(=O)c1nccc(-c2ccnn2-c2ccccc2)n1.Clc1cccc(Nc2nccc(-c3ccnn3-c3ccccc3)n2)c1.Nc1cccc(Cl)c1. The summed E-state index contributed by atoms with van der Waals surface area (Å²) in [6.45, 7) is 0. The van der Waals surface area contributed by atoms with Crippen LogP contribution in [-0.2, 0) is 9.84 Å². The highest BCUT2D eigenvalue weighted by atomic mass is 35.5. The summed E-state index contributed by atoms with van der Waals surface area (Å²) < 4.78 is 26.7. The summed E-state index contributed by atoms with van der Waals surface area (Å²) in [5, 5.41) is 13.0. The molecule has 4 heterocycles. The third-order valence-corrected chi connectivity index (χ3v) is 8.69. The minimum Gasteiger partial charge on any atom is -0.399 e. The van der Waals surface area contributed by atoms with Gasteiger partial charge in [-0.2, -0.15) is 10.2 Å². The molecule has 4 aromatic carbocycles. The number of nitrogens with zero attached hydrogens (tertiary/aromatic N) is 8. The molecule has 8 rings (SSSR count). The van der Waals surface area contributed by atoms with Crippen LogP contribution in [0.3, 0.4) is 0 Å². The largest absolute Gasteiger partial charge is 0.399 e. The van der Waals surface area contributed by atoms with Crippen molar-refractivity contribution < 1.29 is 8.42 Å². The van der Waals surface area contributed by atoms with Gasteiger partial charge >= 0.3 is 0 Å². The van der Waals surface area contributed by atoms with Gasteiger partial charge in [-0.1, -0.05) is 71.7 Å². The Bertz CT molecular complexity index is 2550. The van der Waals surface area contributed by atoms with Crippen molar-refractivity contribution in [1.82, 2.24) is 39.5 Å². The fourth-order valence-corrected chi connectivity index (χ4v) is 5.88. The topological polar surface area (TPSA) is 159 Å². The monoisotopic (exact) mass is 774 g/mol. The third kappa shape index (κ3) is 9.92. The van der Waals surface area contributed by atoms with E-state index in [1.807, 2.05) is 108 Å². The maximum Gasteiger partial charge on any atom is 0.247 e. The fraction of sp³-hybridized carbons (Fsp3) is 0.0256. The summed E-state index contributed by atoms with van der Waals surface area (Å²) in [4.78, 5) is 16.8. The van der Waals surface area contributed by atoms with Crippen molar-refractivity contribution >= 4 is 50.4 Å². The average Bonchev–Trinajstić information content (AvgIpc) is 3.87. The zero-order valence-electron chi connectivity index (χ0n) is 28.6. The number of nitrogen functional groups attached to an aromatic ring is 1. The summed E-state index contributed by atoms with van der Waals surface area (Å²) in [5.74, 6) is 0.501. The molecule has 0 spiro atoms. The van der Waals surface area contributed by atoms with Gasteiger partial charge in [-0.25, -0.2) is 37.7 Å². The molecule has 0 aliphatic carbocycles. The van der Waals surface area contributed by atoms with Crippen molar-refractivity contribution in [3.05, 3.63) is 168 Å². The van der Waals surface area contributed by atoms with Crippen LogP contribution in [0, 0.1) is 0 Å². The highest BCUT2D eigenvalue weighted by molar-refractivity contribution is 7.90. The van der Waals surface area contributed by atoms with Crippen LogP contribution in [0.4, 0.5) is 17.3 Å². The third-order valence-electron chi connectivity index (χ3n) is 7.36. The van der Waals surface area contributed by atoms with E-state index in [0.29, 0.717) is 33.1 Å². The Morgan fingerprint density at radius 3 is 1.65 bits per heavy atom. The number of halogens is 2. The first-order valence-corrected chi connectivity index (χ1v) is 18.9. The molecule has 0 saturated carbocycles. The molecule has 54 heavy (non-hydrogen) atoms. The van der Waals surface area contributed by atoms with Crippen LogP contribution in [0.2, 0.25) is 10.0 Å². The van der Waals surface area contributed by atoms with Gasteiger partial charge in [0.25, 0.3) is 0 Å². The highest BCUT2D eigenvalue weighted by Gasteiger charge is 2.15. The maximum atomic E-state index is 11.6. The minimum absolute atomic E-state index is 0.194. The Balaban J connectivity index is 0.000000155. The first-order chi connectivity index (χ1) is 26.1. The lowest BCUT2D eigenvalue weighted by Gasteiger charge is -2.09. The van der Waals surface area contributed by atoms with E-state index in [2.05, 4.69) is 35.5 Å². The molecule has 4 aromatic heterocycles. The van der Waals surface area contributed by atoms with Crippen LogP contribution in [-0.4, -0.2) is 54.2 Å². The highest BCUT2D eigenvalue weighted by Crippen LogP contribution is 2.24. The van der Waals surface area contributed by atoms with Crippen LogP contribution in [0.5, 0.6) is 0 Å². The Hall–Kier alpha value is -6.41. The molecule has 270 valence electrons. The summed E-state index contributed by atoms with van der Waals surface area (Å²) in [7, 11) is -3.45. The van der Waals surface area contributed by atoms with Gasteiger partial charge in [-0.3, -0.25) is 0 Å². The molecule has 3 N–H and O–H groups in total. The second-order valence-electron chi connectivity index (χ2n) is 11.4. The minimum atomic E-state index is -3.45. The van der Waals surface area contributed by atoms with Crippen LogP contribution in [0.15, 0.2) is 163 Å². The van der Waals surface area contributed by atoms with Gasteiger partial charge in [0, 0.05) is 40.1 Å². The van der Waals surface area contributed by atoms with Crippen LogP contribution < -0.4 is 11.1 Å². The number of benzene rings is 4. The molecule has 12 nitrogen and oxygen atoms in total. The van der Waals surface area contributed by atoms with E-state index in [0.717, 1.165) is 34.7 Å². The number of aromatic nitrogens is 8. The number of para-hydroxylation sites is 2. The predicted molar refractivity (Wildman–Crippen MR) is 213 cm³/mol. The van der Waals surface area contributed by atoms with Crippen molar-refractivity contribution in [3.8, 4) is 34.2 Å².